The van der Waals surface area contributed by atoms with Crippen LogP contribution in [0, 0.1) is 0 Å². The molecule has 0 aliphatic carbocycles. The minimum absolute atomic E-state index is 0.0661. The lowest BCUT2D eigenvalue weighted by atomic mass is 9.91. The summed E-state index contributed by atoms with van der Waals surface area (Å²) in [7, 11) is -0.634. The van der Waals surface area contributed by atoms with E-state index in [9.17, 15) is 4.21 Å². The average Bonchev–Trinajstić information content (AvgIpc) is 2.84. The molecule has 0 bridgehead atoms. The molecule has 120 valence electrons. The Morgan fingerprint density at radius 2 is 2.00 bits per heavy atom. The van der Waals surface area contributed by atoms with Crippen LogP contribution in [0.15, 0.2) is 0 Å². The third-order valence-electron chi connectivity index (χ3n) is 3.56. The Kier molecular flexibility index (Phi) is 5.80. The second-order valence-electron chi connectivity index (χ2n) is 6.53. The molecule has 0 radical (unpaired) electrons. The summed E-state index contributed by atoms with van der Waals surface area (Å²) >= 11 is 1.80. The normalized spacial score (nSPS) is 17.4. The monoisotopic (exact) mass is 329 g/mol. The van der Waals surface area contributed by atoms with Gasteiger partial charge < -0.3 is 10.2 Å². The highest BCUT2D eigenvalue weighted by Crippen LogP contribution is 2.34. The number of nitrogens with one attached hydrogen (secondary N) is 1. The molecule has 0 saturated carbocycles. The van der Waals surface area contributed by atoms with Crippen LogP contribution in [0.1, 0.15) is 44.7 Å². The largest absolute Gasteiger partial charge is 0.346 e. The van der Waals surface area contributed by atoms with E-state index < -0.39 is 10.8 Å². The SMILES string of the molecule is CCCNCc1sc(N2CCS(=O)CC2)nc1C(C)(C)C. The summed E-state index contributed by atoms with van der Waals surface area (Å²) in [4.78, 5) is 8.56. The fraction of sp³-hybridized carbons (Fsp3) is 0.800. The minimum Gasteiger partial charge on any atom is -0.346 e. The van der Waals surface area contributed by atoms with Crippen LogP contribution in [0.5, 0.6) is 0 Å². The second kappa shape index (κ2) is 7.20. The van der Waals surface area contributed by atoms with Crippen molar-refractivity contribution in [2.45, 2.75) is 46.1 Å². The zero-order valence-corrected chi connectivity index (χ0v) is 15.2. The quantitative estimate of drug-likeness (QED) is 0.843. The average molecular weight is 330 g/mol. The van der Waals surface area contributed by atoms with Gasteiger partial charge in [0.1, 0.15) is 0 Å². The summed E-state index contributed by atoms with van der Waals surface area (Å²) in [5.41, 5.74) is 1.27. The van der Waals surface area contributed by atoms with E-state index in [4.69, 9.17) is 4.98 Å². The van der Waals surface area contributed by atoms with Crippen molar-refractivity contribution in [3.8, 4) is 0 Å². The van der Waals surface area contributed by atoms with Gasteiger partial charge in [-0.3, -0.25) is 4.21 Å². The van der Waals surface area contributed by atoms with Gasteiger partial charge in [-0.05, 0) is 13.0 Å². The summed E-state index contributed by atoms with van der Waals surface area (Å²) in [6, 6.07) is 0. The van der Waals surface area contributed by atoms with E-state index in [1.807, 2.05) is 0 Å². The van der Waals surface area contributed by atoms with E-state index in [0.717, 1.165) is 49.2 Å². The zero-order valence-electron chi connectivity index (χ0n) is 13.6. The Morgan fingerprint density at radius 1 is 1.33 bits per heavy atom. The smallest absolute Gasteiger partial charge is 0.185 e. The molecule has 1 aliphatic heterocycles. The Morgan fingerprint density at radius 3 is 2.57 bits per heavy atom. The summed E-state index contributed by atoms with van der Waals surface area (Å²) in [5.74, 6) is 1.54. The first-order valence-corrected chi connectivity index (χ1v) is 10.0. The molecule has 1 N–H and O–H groups in total. The molecule has 0 atom stereocenters. The predicted octanol–water partition coefficient (Wildman–Crippen LogP) is 2.51. The topological polar surface area (TPSA) is 45.2 Å². The summed E-state index contributed by atoms with van der Waals surface area (Å²) < 4.78 is 11.5. The molecule has 2 rings (SSSR count). The van der Waals surface area contributed by atoms with Crippen molar-refractivity contribution < 1.29 is 4.21 Å². The van der Waals surface area contributed by atoms with Gasteiger partial charge in [-0.2, -0.15) is 0 Å². The van der Waals surface area contributed by atoms with Crippen LogP contribution in [0.3, 0.4) is 0 Å². The third kappa shape index (κ3) is 4.50. The van der Waals surface area contributed by atoms with E-state index in [-0.39, 0.29) is 5.41 Å². The molecule has 0 unspecified atom stereocenters. The highest BCUT2D eigenvalue weighted by atomic mass is 32.2. The lowest BCUT2D eigenvalue weighted by molar-refractivity contribution is 0.558. The first-order valence-electron chi connectivity index (χ1n) is 7.72. The van der Waals surface area contributed by atoms with Crippen molar-refractivity contribution >= 4 is 27.3 Å². The van der Waals surface area contributed by atoms with Gasteiger partial charge in [0, 0.05) is 52.2 Å². The zero-order chi connectivity index (χ0) is 15.5. The molecule has 0 amide bonds. The molecule has 4 nitrogen and oxygen atoms in total. The predicted molar refractivity (Wildman–Crippen MR) is 92.9 cm³/mol. The standard InChI is InChI=1S/C15H27N3OS2/c1-5-6-16-11-12-13(15(2,3)4)17-14(20-12)18-7-9-21(19)10-8-18/h16H,5-11H2,1-4H3. The summed E-state index contributed by atoms with van der Waals surface area (Å²) in [5, 5.41) is 4.59. The fourth-order valence-electron chi connectivity index (χ4n) is 2.39. The van der Waals surface area contributed by atoms with Crippen LogP contribution < -0.4 is 10.2 Å². The van der Waals surface area contributed by atoms with Gasteiger partial charge in [0.15, 0.2) is 5.13 Å². The molecule has 2 heterocycles. The highest BCUT2D eigenvalue weighted by molar-refractivity contribution is 7.85. The minimum atomic E-state index is -0.634. The maximum Gasteiger partial charge on any atom is 0.185 e. The first-order chi connectivity index (χ1) is 9.91. The molecule has 1 saturated heterocycles. The van der Waals surface area contributed by atoms with Crippen molar-refractivity contribution in [2.75, 3.05) is 36.0 Å². The van der Waals surface area contributed by atoms with Crippen molar-refractivity contribution in [1.82, 2.24) is 10.3 Å². The Bertz CT molecular complexity index is 484. The van der Waals surface area contributed by atoms with Gasteiger partial charge in [-0.1, -0.05) is 27.7 Å². The molecule has 1 fully saturated rings. The molecule has 1 aromatic rings. The number of anilines is 1. The molecule has 0 aromatic carbocycles. The van der Waals surface area contributed by atoms with Crippen LogP contribution in [0.25, 0.3) is 0 Å². The van der Waals surface area contributed by atoms with Crippen molar-refractivity contribution in [3.63, 3.8) is 0 Å². The van der Waals surface area contributed by atoms with E-state index in [1.54, 1.807) is 11.3 Å². The van der Waals surface area contributed by atoms with Crippen LogP contribution in [0.4, 0.5) is 5.13 Å². The fourth-order valence-corrected chi connectivity index (χ4v) is 4.73. The number of thiazole rings is 1. The van der Waals surface area contributed by atoms with Gasteiger partial charge >= 0.3 is 0 Å². The molecular weight excluding hydrogens is 302 g/mol. The maximum atomic E-state index is 11.5. The molecule has 1 aliphatic rings. The van der Waals surface area contributed by atoms with Crippen LogP contribution >= 0.6 is 11.3 Å². The number of aromatic nitrogens is 1. The maximum absolute atomic E-state index is 11.5. The second-order valence-corrected chi connectivity index (χ2v) is 9.29. The van der Waals surface area contributed by atoms with Gasteiger partial charge in [-0.25, -0.2) is 4.98 Å². The van der Waals surface area contributed by atoms with Crippen molar-refractivity contribution in [1.29, 1.82) is 0 Å². The van der Waals surface area contributed by atoms with Gasteiger partial charge in [0.05, 0.1) is 5.69 Å². The first kappa shape index (κ1) is 16.9. The van der Waals surface area contributed by atoms with E-state index in [0.29, 0.717) is 0 Å². The van der Waals surface area contributed by atoms with Crippen LogP contribution in [0.2, 0.25) is 0 Å². The van der Waals surface area contributed by atoms with E-state index >= 15 is 0 Å². The van der Waals surface area contributed by atoms with Crippen LogP contribution in [-0.4, -0.2) is 40.3 Å². The number of rotatable bonds is 5. The molecule has 21 heavy (non-hydrogen) atoms. The van der Waals surface area contributed by atoms with E-state index in [2.05, 4.69) is 37.9 Å². The Labute approximate surface area is 134 Å². The highest BCUT2D eigenvalue weighted by Gasteiger charge is 2.26. The van der Waals surface area contributed by atoms with Crippen LogP contribution in [-0.2, 0) is 22.8 Å². The van der Waals surface area contributed by atoms with Gasteiger partial charge in [0.2, 0.25) is 0 Å². The van der Waals surface area contributed by atoms with Gasteiger partial charge in [-0.15, -0.1) is 11.3 Å². The summed E-state index contributed by atoms with van der Waals surface area (Å²) in [6.07, 6.45) is 1.15. The Hall–Kier alpha value is -0.460. The lowest BCUT2D eigenvalue weighted by Crippen LogP contribution is -2.37. The van der Waals surface area contributed by atoms with Crippen molar-refractivity contribution in [2.24, 2.45) is 0 Å². The number of hydrogen-bond acceptors (Lipinski definition) is 5. The number of nitrogens with zero attached hydrogens (tertiary/aromatic N) is 2. The summed E-state index contributed by atoms with van der Waals surface area (Å²) in [6.45, 7) is 12.5. The van der Waals surface area contributed by atoms with Gasteiger partial charge in [0.25, 0.3) is 0 Å². The lowest BCUT2D eigenvalue weighted by Gasteiger charge is -2.25. The molecule has 6 heteroatoms. The molecule has 1 aromatic heterocycles. The number of hydrogen-bond donors (Lipinski definition) is 1. The van der Waals surface area contributed by atoms with Crippen molar-refractivity contribution in [3.05, 3.63) is 10.6 Å². The third-order valence-corrected chi connectivity index (χ3v) is 5.95. The molecule has 0 spiro atoms. The molecular formula is C15H27N3OS2. The van der Waals surface area contributed by atoms with E-state index in [1.165, 1.54) is 10.6 Å². The Balaban J connectivity index is 2.17.